The fourth-order valence-electron chi connectivity index (χ4n) is 1.43. The second-order valence-corrected chi connectivity index (χ2v) is 4.16. The highest BCUT2D eigenvalue weighted by Crippen LogP contribution is 2.25. The minimum absolute atomic E-state index is 0.110. The Bertz CT molecular complexity index is 411. The van der Waals surface area contributed by atoms with Gasteiger partial charge in [-0.05, 0) is 40.7 Å². The van der Waals surface area contributed by atoms with Gasteiger partial charge in [-0.3, -0.25) is 9.59 Å². The molecule has 0 heterocycles. The number of carbonyl (C=O) groups excluding carboxylic acids is 2. The van der Waals surface area contributed by atoms with Crippen LogP contribution in [0.1, 0.15) is 46.0 Å². The molecular weight excluding hydrogens is 235 g/mol. The first kappa shape index (κ1) is 12.2. The van der Waals surface area contributed by atoms with Gasteiger partial charge in [0.1, 0.15) is 0 Å². The highest BCUT2D eigenvalue weighted by molar-refractivity contribution is 6.72. The maximum Gasteiger partial charge on any atom is 0.253 e. The molecule has 15 heavy (non-hydrogen) atoms. The smallest absolute Gasteiger partial charge is 0.253 e. The van der Waals surface area contributed by atoms with Gasteiger partial charge in [0.2, 0.25) is 0 Å². The fraction of sp³-hybridized carbons (Fsp3) is 0.273. The van der Waals surface area contributed by atoms with Gasteiger partial charge in [0, 0.05) is 11.1 Å². The second kappa shape index (κ2) is 4.77. The molecule has 80 valence electrons. The van der Waals surface area contributed by atoms with E-state index in [1.807, 2.05) is 13.8 Å². The quantitative estimate of drug-likeness (QED) is 0.763. The van der Waals surface area contributed by atoms with E-state index < -0.39 is 10.5 Å². The number of rotatable bonds is 3. The van der Waals surface area contributed by atoms with E-state index in [0.29, 0.717) is 0 Å². The summed E-state index contributed by atoms with van der Waals surface area (Å²) in [5, 5.41) is -1.31. The first-order valence-corrected chi connectivity index (χ1v) is 5.23. The lowest BCUT2D eigenvalue weighted by Gasteiger charge is -2.11. The second-order valence-electron chi connectivity index (χ2n) is 3.47. The Hall–Kier alpha value is -0.860. The summed E-state index contributed by atoms with van der Waals surface area (Å²) in [4.78, 5) is 22.4. The predicted octanol–water partition coefficient (Wildman–Crippen LogP) is 3.57. The summed E-state index contributed by atoms with van der Waals surface area (Å²) in [6, 6.07) is 4.95. The van der Waals surface area contributed by atoms with Gasteiger partial charge in [-0.15, -0.1) is 0 Å². The van der Waals surface area contributed by atoms with Gasteiger partial charge >= 0.3 is 0 Å². The lowest BCUT2D eigenvalue weighted by molar-refractivity contribution is 0.105. The van der Waals surface area contributed by atoms with Crippen molar-refractivity contribution < 1.29 is 9.59 Å². The van der Waals surface area contributed by atoms with E-state index in [1.165, 1.54) is 6.07 Å². The summed E-state index contributed by atoms with van der Waals surface area (Å²) in [7, 11) is 0. The van der Waals surface area contributed by atoms with Gasteiger partial charge in [0.15, 0.2) is 0 Å². The Labute approximate surface area is 98.2 Å². The third-order valence-electron chi connectivity index (χ3n) is 2.13. The van der Waals surface area contributed by atoms with E-state index in [2.05, 4.69) is 0 Å². The summed E-state index contributed by atoms with van der Waals surface area (Å²) in [6.45, 7) is 3.84. The van der Waals surface area contributed by atoms with Crippen molar-refractivity contribution in [1.82, 2.24) is 0 Å². The number of hydrogen-bond acceptors (Lipinski definition) is 2. The van der Waals surface area contributed by atoms with Crippen LogP contribution in [0.3, 0.4) is 0 Å². The van der Waals surface area contributed by atoms with Crippen LogP contribution in [0.5, 0.6) is 0 Å². The van der Waals surface area contributed by atoms with Crippen molar-refractivity contribution in [2.75, 3.05) is 0 Å². The standard InChI is InChI=1S/C11H10Cl2O2/c1-6(2)7-4-3-5-8(10(12)14)9(7)11(13)15/h3-6H,1-2H3. The van der Waals surface area contributed by atoms with E-state index in [4.69, 9.17) is 23.2 Å². The zero-order valence-corrected chi connectivity index (χ0v) is 9.89. The van der Waals surface area contributed by atoms with E-state index in [1.54, 1.807) is 12.1 Å². The maximum absolute atomic E-state index is 11.3. The Kier molecular flexibility index (Phi) is 3.89. The molecule has 0 fully saturated rings. The van der Waals surface area contributed by atoms with Crippen LogP contribution in [0.2, 0.25) is 0 Å². The van der Waals surface area contributed by atoms with Crippen LogP contribution in [0, 0.1) is 0 Å². The molecule has 0 unspecified atom stereocenters. The van der Waals surface area contributed by atoms with Crippen LogP contribution in [0.4, 0.5) is 0 Å². The van der Waals surface area contributed by atoms with Gasteiger partial charge in [0.25, 0.3) is 10.5 Å². The number of carbonyl (C=O) groups is 2. The van der Waals surface area contributed by atoms with Gasteiger partial charge in [-0.2, -0.15) is 0 Å². The molecule has 4 heteroatoms. The first-order chi connectivity index (χ1) is 6.95. The Morgan fingerprint density at radius 2 is 1.73 bits per heavy atom. The number of halogens is 2. The lowest BCUT2D eigenvalue weighted by atomic mass is 9.94. The molecule has 0 N–H and O–H groups in total. The summed E-state index contributed by atoms with van der Waals surface area (Å²) < 4.78 is 0. The maximum atomic E-state index is 11.3. The Morgan fingerprint density at radius 1 is 1.13 bits per heavy atom. The van der Waals surface area contributed by atoms with Crippen LogP contribution in [-0.2, 0) is 0 Å². The van der Waals surface area contributed by atoms with Crippen LogP contribution in [0.15, 0.2) is 18.2 Å². The monoisotopic (exact) mass is 244 g/mol. The third-order valence-corrected chi connectivity index (χ3v) is 2.52. The van der Waals surface area contributed by atoms with Crippen LogP contribution >= 0.6 is 23.2 Å². The van der Waals surface area contributed by atoms with E-state index in [9.17, 15) is 9.59 Å². The Morgan fingerprint density at radius 3 is 2.13 bits per heavy atom. The van der Waals surface area contributed by atoms with Crippen molar-refractivity contribution in [2.24, 2.45) is 0 Å². The fourth-order valence-corrected chi connectivity index (χ4v) is 1.80. The molecule has 0 amide bonds. The predicted molar refractivity (Wildman–Crippen MR) is 60.9 cm³/mol. The van der Waals surface area contributed by atoms with Gasteiger partial charge < -0.3 is 0 Å². The highest BCUT2D eigenvalue weighted by Gasteiger charge is 2.19. The van der Waals surface area contributed by atoms with Crippen molar-refractivity contribution in [3.05, 3.63) is 34.9 Å². The normalized spacial score (nSPS) is 10.5. The molecule has 0 bridgehead atoms. The SMILES string of the molecule is CC(C)c1cccc(C(=O)Cl)c1C(=O)Cl. The van der Waals surface area contributed by atoms with Crippen molar-refractivity contribution in [1.29, 1.82) is 0 Å². The highest BCUT2D eigenvalue weighted by atomic mass is 35.5. The molecule has 0 saturated carbocycles. The molecule has 0 radical (unpaired) electrons. The summed E-state index contributed by atoms with van der Waals surface area (Å²) in [6.07, 6.45) is 0. The zero-order chi connectivity index (χ0) is 11.6. The van der Waals surface area contributed by atoms with Gasteiger partial charge in [-0.25, -0.2) is 0 Å². The molecule has 1 aromatic rings. The van der Waals surface area contributed by atoms with E-state index >= 15 is 0 Å². The molecule has 0 atom stereocenters. The molecule has 1 rings (SSSR count). The van der Waals surface area contributed by atoms with E-state index in [-0.39, 0.29) is 17.0 Å². The summed E-state index contributed by atoms with van der Waals surface area (Å²) in [5.41, 5.74) is 1.12. The minimum atomic E-state index is -0.665. The molecule has 0 aromatic heterocycles. The average molecular weight is 245 g/mol. The molecule has 0 aliphatic rings. The molecule has 1 aromatic carbocycles. The molecular formula is C11H10Cl2O2. The van der Waals surface area contributed by atoms with Gasteiger partial charge in [-0.1, -0.05) is 26.0 Å². The molecule has 0 spiro atoms. The van der Waals surface area contributed by atoms with Crippen LogP contribution < -0.4 is 0 Å². The largest absolute Gasteiger partial charge is 0.276 e. The van der Waals surface area contributed by atoms with Crippen molar-refractivity contribution in [2.45, 2.75) is 19.8 Å². The van der Waals surface area contributed by atoms with E-state index in [0.717, 1.165) is 5.56 Å². The number of hydrogen-bond donors (Lipinski definition) is 0. The van der Waals surface area contributed by atoms with Crippen molar-refractivity contribution in [3.8, 4) is 0 Å². The molecule has 0 aliphatic carbocycles. The summed E-state index contributed by atoms with van der Waals surface area (Å²) in [5.74, 6) is 0.110. The van der Waals surface area contributed by atoms with Crippen molar-refractivity contribution >= 4 is 33.7 Å². The van der Waals surface area contributed by atoms with Gasteiger partial charge in [0.05, 0.1) is 0 Å². The number of benzene rings is 1. The first-order valence-electron chi connectivity index (χ1n) is 4.47. The van der Waals surface area contributed by atoms with Crippen LogP contribution in [0.25, 0.3) is 0 Å². The zero-order valence-electron chi connectivity index (χ0n) is 8.38. The molecule has 2 nitrogen and oxygen atoms in total. The summed E-state index contributed by atoms with van der Waals surface area (Å²) >= 11 is 10.8. The Balaban J connectivity index is 3.48. The third kappa shape index (κ3) is 2.58. The topological polar surface area (TPSA) is 34.1 Å². The minimum Gasteiger partial charge on any atom is -0.276 e. The average Bonchev–Trinajstić information content (AvgIpc) is 2.16. The molecule has 0 saturated heterocycles. The lowest BCUT2D eigenvalue weighted by Crippen LogP contribution is -2.06. The van der Waals surface area contributed by atoms with Crippen LogP contribution in [-0.4, -0.2) is 10.5 Å². The van der Waals surface area contributed by atoms with Crippen molar-refractivity contribution in [3.63, 3.8) is 0 Å². The molecule has 0 aliphatic heterocycles.